The second-order valence-electron chi connectivity index (χ2n) is 7.18. The zero-order valence-corrected chi connectivity index (χ0v) is 14.9. The van der Waals surface area contributed by atoms with Crippen molar-refractivity contribution in [1.82, 2.24) is 5.32 Å². The fourth-order valence-corrected chi connectivity index (χ4v) is 2.75. The first-order valence-corrected chi connectivity index (χ1v) is 8.23. The van der Waals surface area contributed by atoms with E-state index in [0.717, 1.165) is 11.1 Å². The van der Waals surface area contributed by atoms with Crippen molar-refractivity contribution < 1.29 is 19.2 Å². The van der Waals surface area contributed by atoms with Crippen molar-refractivity contribution in [2.75, 3.05) is 27.7 Å². The van der Waals surface area contributed by atoms with E-state index in [1.54, 1.807) is 12.1 Å². The van der Waals surface area contributed by atoms with Crippen molar-refractivity contribution in [3.8, 4) is 11.1 Å². The molecule has 0 bridgehead atoms. The molecule has 2 aromatic carbocycles. The van der Waals surface area contributed by atoms with E-state index >= 15 is 0 Å². The molecule has 2 N–H and O–H groups in total. The van der Waals surface area contributed by atoms with Crippen molar-refractivity contribution in [3.63, 3.8) is 0 Å². The molecule has 0 saturated carbocycles. The van der Waals surface area contributed by atoms with Gasteiger partial charge in [0.05, 0.1) is 40.2 Å². The zero-order valence-electron chi connectivity index (χ0n) is 14.9. The van der Waals surface area contributed by atoms with Crippen LogP contribution in [-0.2, 0) is 4.79 Å². The number of carbonyl (C=O) groups excluding carboxylic acids is 1. The molecule has 0 saturated heterocycles. The van der Waals surface area contributed by atoms with Gasteiger partial charge in [-0.25, -0.2) is 0 Å². The molecular weight excluding hydrogens is 316 g/mol. The minimum absolute atomic E-state index is 0.0939. The van der Waals surface area contributed by atoms with Gasteiger partial charge in [-0.1, -0.05) is 42.5 Å². The van der Waals surface area contributed by atoms with Gasteiger partial charge >= 0.3 is 5.97 Å². The van der Waals surface area contributed by atoms with E-state index in [1.807, 2.05) is 63.6 Å². The summed E-state index contributed by atoms with van der Waals surface area (Å²) < 4.78 is 0.575. The molecule has 0 heterocycles. The van der Waals surface area contributed by atoms with Gasteiger partial charge in [-0.2, -0.15) is 0 Å². The predicted molar refractivity (Wildman–Crippen MR) is 98.3 cm³/mol. The molecule has 0 aliphatic heterocycles. The van der Waals surface area contributed by atoms with E-state index in [4.69, 9.17) is 5.11 Å². The second-order valence-corrected chi connectivity index (χ2v) is 7.18. The normalized spacial score (nSPS) is 12.4. The Balaban J connectivity index is 2.09. The third kappa shape index (κ3) is 6.04. The summed E-state index contributed by atoms with van der Waals surface area (Å²) >= 11 is 0. The van der Waals surface area contributed by atoms with Crippen LogP contribution in [0.1, 0.15) is 16.8 Å². The lowest BCUT2D eigenvalue weighted by atomic mass is 10.0. The first-order valence-electron chi connectivity index (χ1n) is 8.23. The number of rotatable bonds is 7. The summed E-state index contributed by atoms with van der Waals surface area (Å²) in [6.45, 7) is 0.542. The number of carbonyl (C=O) groups is 2. The lowest BCUT2D eigenvalue weighted by Crippen LogP contribution is -2.49. The molecule has 5 nitrogen and oxygen atoms in total. The number of carboxylic acid groups (broad SMARTS) is 1. The van der Waals surface area contributed by atoms with Crippen LogP contribution in [0.2, 0.25) is 0 Å². The minimum atomic E-state index is -0.918. The Kier molecular flexibility index (Phi) is 5.93. The molecule has 2 aromatic rings. The van der Waals surface area contributed by atoms with Crippen molar-refractivity contribution >= 4 is 11.9 Å². The number of aliphatic carboxylic acids is 1. The standard InChI is InChI=1S/C20H24N2O3/c1-22(2,3)14-18(13-19(23)24)21-20(25)17-11-9-16(10-12-17)15-7-5-4-6-8-15/h4-12,18H,13-14H2,1-3H3,(H-,21,23,24,25)/p+1/t18-/m1/s1. The Morgan fingerprint density at radius 3 is 2.04 bits per heavy atom. The molecule has 1 atom stereocenters. The summed E-state index contributed by atoms with van der Waals surface area (Å²) in [5, 5.41) is 11.9. The van der Waals surface area contributed by atoms with Gasteiger partial charge in [-0.15, -0.1) is 0 Å². The summed E-state index contributed by atoms with van der Waals surface area (Å²) in [5.41, 5.74) is 2.64. The van der Waals surface area contributed by atoms with Crippen LogP contribution in [0.5, 0.6) is 0 Å². The largest absolute Gasteiger partial charge is 0.481 e. The molecule has 132 valence electrons. The minimum Gasteiger partial charge on any atom is -0.481 e. The van der Waals surface area contributed by atoms with Gasteiger partial charge in [0.1, 0.15) is 0 Å². The monoisotopic (exact) mass is 341 g/mol. The second kappa shape index (κ2) is 7.94. The Morgan fingerprint density at radius 1 is 0.960 bits per heavy atom. The summed E-state index contributed by atoms with van der Waals surface area (Å²) in [6, 6.07) is 16.8. The molecule has 0 spiro atoms. The number of hydrogen-bond acceptors (Lipinski definition) is 2. The average Bonchev–Trinajstić information content (AvgIpc) is 2.53. The van der Waals surface area contributed by atoms with Gasteiger partial charge in [-0.05, 0) is 23.3 Å². The highest BCUT2D eigenvalue weighted by Gasteiger charge is 2.23. The van der Waals surface area contributed by atoms with Crippen LogP contribution in [0, 0.1) is 0 Å². The molecule has 5 heteroatoms. The van der Waals surface area contributed by atoms with E-state index < -0.39 is 12.0 Å². The Labute approximate surface area is 148 Å². The van der Waals surface area contributed by atoms with Gasteiger partial charge < -0.3 is 14.9 Å². The number of benzene rings is 2. The zero-order chi connectivity index (χ0) is 18.4. The number of nitrogens with one attached hydrogen (secondary N) is 1. The van der Waals surface area contributed by atoms with E-state index in [0.29, 0.717) is 16.6 Å². The number of carboxylic acids is 1. The van der Waals surface area contributed by atoms with Crippen LogP contribution in [0.25, 0.3) is 11.1 Å². The number of quaternary nitrogens is 1. The third-order valence-corrected chi connectivity index (χ3v) is 3.78. The maximum absolute atomic E-state index is 12.5. The van der Waals surface area contributed by atoms with E-state index in [-0.39, 0.29) is 12.3 Å². The SMILES string of the molecule is C[N+](C)(C)C[C@@H](CC(=O)O)NC(=O)c1ccc(-c2ccccc2)cc1. The summed E-state index contributed by atoms with van der Waals surface area (Å²) in [5.74, 6) is -1.17. The highest BCUT2D eigenvalue weighted by Crippen LogP contribution is 2.19. The average molecular weight is 341 g/mol. The lowest BCUT2D eigenvalue weighted by molar-refractivity contribution is -0.871. The number of hydrogen-bond donors (Lipinski definition) is 2. The fourth-order valence-electron chi connectivity index (χ4n) is 2.75. The quantitative estimate of drug-likeness (QED) is 0.761. The Hall–Kier alpha value is -2.66. The van der Waals surface area contributed by atoms with Crippen molar-refractivity contribution in [1.29, 1.82) is 0 Å². The summed E-state index contributed by atoms with van der Waals surface area (Å²) in [4.78, 5) is 23.5. The van der Waals surface area contributed by atoms with Gasteiger partial charge in [0.15, 0.2) is 0 Å². The molecule has 0 unspecified atom stereocenters. The van der Waals surface area contributed by atoms with Gasteiger partial charge in [0, 0.05) is 5.56 Å². The van der Waals surface area contributed by atoms with Crippen molar-refractivity contribution in [2.45, 2.75) is 12.5 Å². The van der Waals surface area contributed by atoms with E-state index in [1.165, 1.54) is 0 Å². The molecule has 1 amide bonds. The van der Waals surface area contributed by atoms with Crippen LogP contribution in [0.3, 0.4) is 0 Å². The number of amides is 1. The Bertz CT molecular complexity index is 719. The first-order chi connectivity index (χ1) is 11.7. The van der Waals surface area contributed by atoms with Crippen LogP contribution in [0.15, 0.2) is 54.6 Å². The van der Waals surface area contributed by atoms with Crippen molar-refractivity contribution in [3.05, 3.63) is 60.2 Å². The fraction of sp³-hybridized carbons (Fsp3) is 0.300. The molecule has 0 fully saturated rings. The molecule has 0 radical (unpaired) electrons. The van der Waals surface area contributed by atoms with Crippen LogP contribution in [-0.4, -0.2) is 55.2 Å². The van der Waals surface area contributed by atoms with Gasteiger partial charge in [0.25, 0.3) is 5.91 Å². The Morgan fingerprint density at radius 2 is 1.52 bits per heavy atom. The third-order valence-electron chi connectivity index (χ3n) is 3.78. The van der Waals surface area contributed by atoms with Crippen LogP contribution in [0.4, 0.5) is 0 Å². The predicted octanol–water partition coefficient (Wildman–Crippen LogP) is 2.63. The molecule has 0 aliphatic carbocycles. The van der Waals surface area contributed by atoms with E-state index in [9.17, 15) is 9.59 Å². The number of likely N-dealkylation sites (N-methyl/N-ethyl adjacent to an activating group) is 1. The maximum Gasteiger partial charge on any atom is 0.305 e. The number of nitrogens with zero attached hydrogens (tertiary/aromatic N) is 1. The molecular formula is C20H25N2O3+. The molecule has 25 heavy (non-hydrogen) atoms. The van der Waals surface area contributed by atoms with Crippen LogP contribution < -0.4 is 5.32 Å². The van der Waals surface area contributed by atoms with E-state index in [2.05, 4.69) is 5.32 Å². The molecule has 0 aromatic heterocycles. The lowest BCUT2D eigenvalue weighted by Gasteiger charge is -2.29. The first kappa shape index (κ1) is 18.7. The summed E-state index contributed by atoms with van der Waals surface area (Å²) in [6.07, 6.45) is -0.0939. The highest BCUT2D eigenvalue weighted by molar-refractivity contribution is 5.95. The molecule has 0 aliphatic rings. The highest BCUT2D eigenvalue weighted by atomic mass is 16.4. The maximum atomic E-state index is 12.5. The van der Waals surface area contributed by atoms with Crippen molar-refractivity contribution in [2.24, 2.45) is 0 Å². The molecule has 2 rings (SSSR count). The smallest absolute Gasteiger partial charge is 0.305 e. The van der Waals surface area contributed by atoms with Gasteiger partial charge in [0.2, 0.25) is 0 Å². The van der Waals surface area contributed by atoms with Crippen LogP contribution >= 0.6 is 0 Å². The topological polar surface area (TPSA) is 66.4 Å². The van der Waals surface area contributed by atoms with Gasteiger partial charge in [-0.3, -0.25) is 9.59 Å². The summed E-state index contributed by atoms with van der Waals surface area (Å²) in [7, 11) is 5.90.